The van der Waals surface area contributed by atoms with Gasteiger partial charge in [-0.1, -0.05) is 106 Å². The summed E-state index contributed by atoms with van der Waals surface area (Å²) in [6.45, 7) is 4.35. The molecule has 2 heteroatoms. The van der Waals surface area contributed by atoms with Crippen LogP contribution in [0.25, 0.3) is 0 Å². The number of unbranched alkanes of at least 4 members (excludes halogenated alkanes) is 11. The molecule has 0 atom stereocenters. The van der Waals surface area contributed by atoms with Crippen LogP contribution in [0.1, 0.15) is 102 Å². The standard InChI is InChI=1S/C18H35NO.C7H8/c1-2-3-4-5-6-7-8-9-10-11-12-13-14-15-16-17-18(19)20;1-7-5-3-2-4-6-7/h9-10H,2-8,11-17H2,1H3,(H2,19,20);2-6H,1H3. The maximum atomic E-state index is 10.5. The second kappa shape index (κ2) is 20.7. The Morgan fingerprint density at radius 1 is 0.778 bits per heavy atom. The van der Waals surface area contributed by atoms with E-state index in [1.165, 1.54) is 76.2 Å². The van der Waals surface area contributed by atoms with Crippen LogP contribution < -0.4 is 5.73 Å². The molecule has 1 rings (SSSR count). The first-order chi connectivity index (χ1) is 13.2. The topological polar surface area (TPSA) is 43.1 Å². The molecule has 1 aromatic carbocycles. The first-order valence-corrected chi connectivity index (χ1v) is 11.1. The Hall–Kier alpha value is -1.57. The normalized spacial score (nSPS) is 10.6. The summed E-state index contributed by atoms with van der Waals surface area (Å²) in [5.41, 5.74) is 6.42. The second-order valence-electron chi connectivity index (χ2n) is 7.46. The average Bonchev–Trinajstić information content (AvgIpc) is 2.66. The molecule has 2 nitrogen and oxygen atoms in total. The van der Waals surface area contributed by atoms with Crippen LogP contribution in [0.3, 0.4) is 0 Å². The number of benzene rings is 1. The van der Waals surface area contributed by atoms with Gasteiger partial charge in [0.2, 0.25) is 5.91 Å². The largest absolute Gasteiger partial charge is 0.370 e. The van der Waals surface area contributed by atoms with Crippen molar-refractivity contribution in [3.05, 3.63) is 48.0 Å². The molecule has 1 aromatic rings. The van der Waals surface area contributed by atoms with Crippen molar-refractivity contribution in [2.75, 3.05) is 0 Å². The van der Waals surface area contributed by atoms with E-state index in [2.05, 4.69) is 38.1 Å². The number of aryl methyl sites for hydroxylation is 1. The van der Waals surface area contributed by atoms with Crippen LogP contribution in [0.2, 0.25) is 0 Å². The minimum atomic E-state index is -0.164. The summed E-state index contributed by atoms with van der Waals surface area (Å²) in [7, 11) is 0. The highest BCUT2D eigenvalue weighted by molar-refractivity contribution is 5.73. The van der Waals surface area contributed by atoms with Crippen molar-refractivity contribution in [1.29, 1.82) is 0 Å². The van der Waals surface area contributed by atoms with Crippen molar-refractivity contribution in [2.45, 2.75) is 104 Å². The van der Waals surface area contributed by atoms with Crippen LogP contribution in [0.4, 0.5) is 0 Å². The van der Waals surface area contributed by atoms with Crippen LogP contribution in [-0.4, -0.2) is 5.91 Å². The van der Waals surface area contributed by atoms with Gasteiger partial charge in [-0.3, -0.25) is 4.79 Å². The number of allylic oxidation sites excluding steroid dienone is 2. The van der Waals surface area contributed by atoms with Crippen molar-refractivity contribution < 1.29 is 4.79 Å². The Morgan fingerprint density at radius 3 is 1.70 bits per heavy atom. The van der Waals surface area contributed by atoms with Gasteiger partial charge in [0.25, 0.3) is 0 Å². The monoisotopic (exact) mass is 373 g/mol. The van der Waals surface area contributed by atoms with Crippen molar-refractivity contribution in [3.63, 3.8) is 0 Å². The molecule has 0 spiro atoms. The molecule has 0 aliphatic rings. The van der Waals surface area contributed by atoms with Crippen LogP contribution in [0.15, 0.2) is 42.5 Å². The molecule has 0 saturated carbocycles. The van der Waals surface area contributed by atoms with Crippen LogP contribution >= 0.6 is 0 Å². The smallest absolute Gasteiger partial charge is 0.217 e. The van der Waals surface area contributed by atoms with Gasteiger partial charge >= 0.3 is 0 Å². The number of primary amides is 1. The zero-order valence-corrected chi connectivity index (χ0v) is 17.9. The fraction of sp³-hybridized carbons (Fsp3) is 0.640. The van der Waals surface area contributed by atoms with Gasteiger partial charge in [-0.2, -0.15) is 0 Å². The zero-order valence-electron chi connectivity index (χ0n) is 17.9. The summed E-state index contributed by atoms with van der Waals surface area (Å²) in [6.07, 6.45) is 21.9. The summed E-state index contributed by atoms with van der Waals surface area (Å²) in [5.74, 6) is -0.164. The van der Waals surface area contributed by atoms with E-state index in [0.717, 1.165) is 12.8 Å². The Labute approximate surface area is 168 Å². The van der Waals surface area contributed by atoms with E-state index in [-0.39, 0.29) is 5.91 Å². The fourth-order valence-electron chi connectivity index (χ4n) is 2.90. The lowest BCUT2D eigenvalue weighted by atomic mass is 10.1. The molecule has 0 aromatic heterocycles. The highest BCUT2D eigenvalue weighted by Gasteiger charge is 1.94. The third-order valence-electron chi connectivity index (χ3n) is 4.63. The molecule has 154 valence electrons. The highest BCUT2D eigenvalue weighted by Crippen LogP contribution is 2.09. The predicted molar refractivity (Wildman–Crippen MR) is 120 cm³/mol. The molecule has 0 heterocycles. The number of carbonyl (C=O) groups excluding carboxylic acids is 1. The van der Waals surface area contributed by atoms with Crippen molar-refractivity contribution in [2.24, 2.45) is 5.73 Å². The minimum absolute atomic E-state index is 0.164. The van der Waals surface area contributed by atoms with Crippen LogP contribution in [0, 0.1) is 6.92 Å². The molecule has 0 fully saturated rings. The molecule has 0 radical (unpaired) electrons. The lowest BCUT2D eigenvalue weighted by Gasteiger charge is -1.99. The number of nitrogens with two attached hydrogens (primary N) is 1. The fourth-order valence-corrected chi connectivity index (χ4v) is 2.90. The number of rotatable bonds is 15. The van der Waals surface area contributed by atoms with Crippen molar-refractivity contribution in [1.82, 2.24) is 0 Å². The van der Waals surface area contributed by atoms with E-state index in [9.17, 15) is 4.79 Å². The van der Waals surface area contributed by atoms with Gasteiger partial charge in [0.15, 0.2) is 0 Å². The van der Waals surface area contributed by atoms with Crippen LogP contribution in [0.5, 0.6) is 0 Å². The van der Waals surface area contributed by atoms with Gasteiger partial charge in [0, 0.05) is 6.42 Å². The van der Waals surface area contributed by atoms with Crippen molar-refractivity contribution in [3.8, 4) is 0 Å². The maximum absolute atomic E-state index is 10.5. The molecular weight excluding hydrogens is 330 g/mol. The second-order valence-corrected chi connectivity index (χ2v) is 7.46. The van der Waals surface area contributed by atoms with Gasteiger partial charge < -0.3 is 5.73 Å². The third kappa shape index (κ3) is 22.4. The van der Waals surface area contributed by atoms with E-state index in [1.54, 1.807) is 0 Å². The molecule has 2 N–H and O–H groups in total. The Kier molecular flexibility index (Phi) is 19.5. The highest BCUT2D eigenvalue weighted by atomic mass is 16.1. The van der Waals surface area contributed by atoms with E-state index in [1.807, 2.05) is 18.2 Å². The zero-order chi connectivity index (χ0) is 20.0. The SMILES string of the molecule is CCCCCCCCC=CCCCCCCCC(N)=O.Cc1ccccc1. The number of hydrogen-bond donors (Lipinski definition) is 1. The Morgan fingerprint density at radius 2 is 1.26 bits per heavy atom. The first kappa shape index (κ1) is 25.4. The number of amides is 1. The molecule has 1 amide bonds. The lowest BCUT2D eigenvalue weighted by molar-refractivity contribution is -0.118. The Balaban J connectivity index is 0.000000797. The Bertz CT molecular complexity index is 453. The van der Waals surface area contributed by atoms with Crippen molar-refractivity contribution >= 4 is 5.91 Å². The summed E-state index contributed by atoms with van der Waals surface area (Å²) in [4.78, 5) is 10.5. The molecule has 27 heavy (non-hydrogen) atoms. The minimum Gasteiger partial charge on any atom is -0.370 e. The van der Waals surface area contributed by atoms with Gasteiger partial charge in [-0.05, 0) is 39.0 Å². The quantitative estimate of drug-likeness (QED) is 0.251. The summed E-state index contributed by atoms with van der Waals surface area (Å²) < 4.78 is 0. The lowest BCUT2D eigenvalue weighted by Crippen LogP contribution is -2.09. The molecule has 0 unspecified atom stereocenters. The van der Waals surface area contributed by atoms with Gasteiger partial charge in [-0.25, -0.2) is 0 Å². The summed E-state index contributed by atoms with van der Waals surface area (Å²) in [6, 6.07) is 10.3. The maximum Gasteiger partial charge on any atom is 0.217 e. The summed E-state index contributed by atoms with van der Waals surface area (Å²) in [5, 5.41) is 0. The van der Waals surface area contributed by atoms with E-state index in [0.29, 0.717) is 6.42 Å². The summed E-state index contributed by atoms with van der Waals surface area (Å²) >= 11 is 0. The molecule has 0 aliphatic carbocycles. The molecule has 0 aliphatic heterocycles. The van der Waals surface area contributed by atoms with E-state index in [4.69, 9.17) is 5.73 Å². The van der Waals surface area contributed by atoms with E-state index >= 15 is 0 Å². The number of hydrogen-bond acceptors (Lipinski definition) is 1. The predicted octanol–water partition coefficient (Wildman–Crippen LogP) is 7.50. The molecular formula is C25H43NO. The van der Waals surface area contributed by atoms with Gasteiger partial charge in [0.1, 0.15) is 0 Å². The molecule has 0 saturated heterocycles. The molecule has 0 bridgehead atoms. The van der Waals surface area contributed by atoms with E-state index < -0.39 is 0 Å². The average molecular weight is 374 g/mol. The third-order valence-corrected chi connectivity index (χ3v) is 4.63. The van der Waals surface area contributed by atoms with Crippen LogP contribution in [-0.2, 0) is 4.79 Å². The van der Waals surface area contributed by atoms with Gasteiger partial charge in [0.05, 0.1) is 0 Å². The first-order valence-electron chi connectivity index (χ1n) is 11.1. The number of carbonyl (C=O) groups is 1. The van der Waals surface area contributed by atoms with Gasteiger partial charge in [-0.15, -0.1) is 0 Å².